The van der Waals surface area contributed by atoms with Gasteiger partial charge in [0.05, 0.1) is 12.0 Å². The topological polar surface area (TPSA) is 33.1 Å². The van der Waals surface area contributed by atoms with Crippen LogP contribution in [0.4, 0.5) is 0 Å². The molecule has 1 rings (SSSR count). The van der Waals surface area contributed by atoms with E-state index >= 15 is 0 Å². The number of nitrogens with one attached hydrogen (secondary N) is 1. The van der Waals surface area contributed by atoms with Gasteiger partial charge in [-0.25, -0.2) is 4.98 Å². The fourth-order valence-corrected chi connectivity index (χ4v) is 1.77. The molecular formula is C12H24N4. The van der Waals surface area contributed by atoms with Gasteiger partial charge in [-0.1, -0.05) is 13.8 Å². The molecule has 1 N–H and O–H groups in total. The Morgan fingerprint density at radius 2 is 2.12 bits per heavy atom. The van der Waals surface area contributed by atoms with Crippen molar-refractivity contribution in [2.75, 3.05) is 19.6 Å². The van der Waals surface area contributed by atoms with Crippen LogP contribution >= 0.6 is 0 Å². The molecule has 92 valence electrons. The number of aromatic nitrogens is 2. The first-order valence-electron chi connectivity index (χ1n) is 6.08. The second-order valence-electron chi connectivity index (χ2n) is 4.26. The summed E-state index contributed by atoms with van der Waals surface area (Å²) >= 11 is 0. The molecule has 1 aromatic rings. The van der Waals surface area contributed by atoms with Gasteiger partial charge in [-0.15, -0.1) is 0 Å². The molecule has 0 aliphatic carbocycles. The third-order valence-corrected chi connectivity index (χ3v) is 2.97. The summed E-state index contributed by atoms with van der Waals surface area (Å²) < 4.78 is 2.05. The average molecular weight is 224 g/mol. The maximum atomic E-state index is 4.11. The van der Waals surface area contributed by atoms with Crippen LogP contribution in [0.3, 0.4) is 0 Å². The van der Waals surface area contributed by atoms with E-state index in [1.54, 1.807) is 0 Å². The number of rotatable bonds is 7. The highest BCUT2D eigenvalue weighted by atomic mass is 15.1. The first-order chi connectivity index (χ1) is 7.67. The van der Waals surface area contributed by atoms with E-state index in [0.29, 0.717) is 6.04 Å². The van der Waals surface area contributed by atoms with Crippen molar-refractivity contribution in [2.45, 2.75) is 33.4 Å². The Labute approximate surface area is 98.7 Å². The summed E-state index contributed by atoms with van der Waals surface area (Å²) in [6, 6.07) is 0.509. The zero-order valence-corrected chi connectivity index (χ0v) is 10.9. The Kier molecular flexibility index (Phi) is 5.49. The summed E-state index contributed by atoms with van der Waals surface area (Å²) in [5.74, 6) is 0. The van der Waals surface area contributed by atoms with E-state index in [9.17, 15) is 0 Å². The summed E-state index contributed by atoms with van der Waals surface area (Å²) in [6.45, 7) is 10.9. The molecule has 0 aliphatic rings. The van der Waals surface area contributed by atoms with Crippen molar-refractivity contribution >= 4 is 0 Å². The predicted octanol–water partition coefficient (Wildman–Crippen LogP) is 1.24. The van der Waals surface area contributed by atoms with Crippen molar-refractivity contribution < 1.29 is 0 Å². The van der Waals surface area contributed by atoms with Gasteiger partial charge in [-0.2, -0.15) is 0 Å². The van der Waals surface area contributed by atoms with Crippen LogP contribution in [0.2, 0.25) is 0 Å². The van der Waals surface area contributed by atoms with Gasteiger partial charge in [0.2, 0.25) is 0 Å². The minimum atomic E-state index is 0.509. The van der Waals surface area contributed by atoms with Crippen LogP contribution in [-0.2, 0) is 13.6 Å². The molecule has 0 saturated heterocycles. The fraction of sp³-hybridized carbons (Fsp3) is 0.750. The van der Waals surface area contributed by atoms with E-state index < -0.39 is 0 Å². The Morgan fingerprint density at radius 1 is 1.44 bits per heavy atom. The first-order valence-corrected chi connectivity index (χ1v) is 6.08. The van der Waals surface area contributed by atoms with Crippen molar-refractivity contribution in [2.24, 2.45) is 7.05 Å². The lowest BCUT2D eigenvalue weighted by Gasteiger charge is -2.23. The molecule has 4 heteroatoms. The largest absolute Gasteiger partial charge is 0.337 e. The monoisotopic (exact) mass is 224 g/mol. The first kappa shape index (κ1) is 13.2. The van der Waals surface area contributed by atoms with Gasteiger partial charge in [-0.3, -0.25) is 0 Å². The van der Waals surface area contributed by atoms with Gasteiger partial charge in [0.25, 0.3) is 0 Å². The molecule has 4 nitrogen and oxygen atoms in total. The van der Waals surface area contributed by atoms with Gasteiger partial charge < -0.3 is 14.8 Å². The third-order valence-electron chi connectivity index (χ3n) is 2.97. The van der Waals surface area contributed by atoms with Gasteiger partial charge in [0.1, 0.15) is 0 Å². The minimum absolute atomic E-state index is 0.509. The Hall–Kier alpha value is -0.870. The predicted molar refractivity (Wildman–Crippen MR) is 67.3 cm³/mol. The number of imidazole rings is 1. The van der Waals surface area contributed by atoms with Crippen LogP contribution in [0.25, 0.3) is 0 Å². The molecule has 0 fully saturated rings. The smallest absolute Gasteiger partial charge is 0.0945 e. The van der Waals surface area contributed by atoms with E-state index in [1.165, 1.54) is 5.69 Å². The van der Waals surface area contributed by atoms with Crippen molar-refractivity contribution in [3.05, 3.63) is 18.2 Å². The lowest BCUT2D eigenvalue weighted by atomic mass is 10.3. The summed E-state index contributed by atoms with van der Waals surface area (Å²) in [7, 11) is 2.03. The second-order valence-corrected chi connectivity index (χ2v) is 4.26. The summed E-state index contributed by atoms with van der Waals surface area (Å²) in [5.41, 5.74) is 1.23. The highest BCUT2D eigenvalue weighted by molar-refractivity contribution is 4.97. The van der Waals surface area contributed by atoms with E-state index in [2.05, 4.69) is 40.5 Å². The summed E-state index contributed by atoms with van der Waals surface area (Å²) in [5, 5.41) is 3.52. The molecule has 0 radical (unpaired) electrons. The van der Waals surface area contributed by atoms with Crippen molar-refractivity contribution in [3.63, 3.8) is 0 Å². The Morgan fingerprint density at radius 3 is 2.62 bits per heavy atom. The van der Waals surface area contributed by atoms with Crippen LogP contribution in [0.15, 0.2) is 12.5 Å². The maximum Gasteiger partial charge on any atom is 0.0945 e. The molecule has 0 spiro atoms. The lowest BCUT2D eigenvalue weighted by molar-refractivity contribution is 0.270. The molecule has 0 bridgehead atoms. The zero-order valence-electron chi connectivity index (χ0n) is 10.9. The molecule has 1 aromatic heterocycles. The SMILES string of the molecule is CCN(CC)CC(C)NCc1cncn1C. The van der Waals surface area contributed by atoms with E-state index in [4.69, 9.17) is 0 Å². The number of aryl methyl sites for hydroxylation is 1. The fourth-order valence-electron chi connectivity index (χ4n) is 1.77. The second kappa shape index (κ2) is 6.66. The van der Waals surface area contributed by atoms with Gasteiger partial charge >= 0.3 is 0 Å². The van der Waals surface area contributed by atoms with Gasteiger partial charge in [0, 0.05) is 32.4 Å². The minimum Gasteiger partial charge on any atom is -0.337 e. The molecule has 0 amide bonds. The van der Waals surface area contributed by atoms with Gasteiger partial charge in [0.15, 0.2) is 0 Å². The third kappa shape index (κ3) is 3.94. The van der Waals surface area contributed by atoms with Crippen molar-refractivity contribution in [3.8, 4) is 0 Å². The molecule has 1 heterocycles. The number of likely N-dealkylation sites (N-methyl/N-ethyl adjacent to an activating group) is 1. The summed E-state index contributed by atoms with van der Waals surface area (Å²) in [6.07, 6.45) is 3.75. The van der Waals surface area contributed by atoms with Crippen LogP contribution in [0.5, 0.6) is 0 Å². The normalized spacial score (nSPS) is 13.3. The Bertz CT molecular complexity index is 291. The highest BCUT2D eigenvalue weighted by Gasteiger charge is 2.07. The van der Waals surface area contributed by atoms with Crippen molar-refractivity contribution in [1.29, 1.82) is 0 Å². The maximum absolute atomic E-state index is 4.11. The van der Waals surface area contributed by atoms with Crippen LogP contribution < -0.4 is 5.32 Å². The molecule has 1 unspecified atom stereocenters. The van der Waals surface area contributed by atoms with E-state index in [0.717, 1.165) is 26.2 Å². The molecule has 1 atom stereocenters. The molecule has 0 aromatic carbocycles. The Balaban J connectivity index is 2.30. The zero-order chi connectivity index (χ0) is 12.0. The number of hydrogen-bond donors (Lipinski definition) is 1. The number of nitrogens with zero attached hydrogens (tertiary/aromatic N) is 3. The van der Waals surface area contributed by atoms with E-state index in [-0.39, 0.29) is 0 Å². The molecule has 0 aliphatic heterocycles. The van der Waals surface area contributed by atoms with Crippen LogP contribution in [-0.4, -0.2) is 40.1 Å². The molecule has 16 heavy (non-hydrogen) atoms. The number of hydrogen-bond acceptors (Lipinski definition) is 3. The van der Waals surface area contributed by atoms with E-state index in [1.807, 2.05) is 19.6 Å². The molecule has 0 saturated carbocycles. The van der Waals surface area contributed by atoms with Crippen molar-refractivity contribution in [1.82, 2.24) is 19.8 Å². The van der Waals surface area contributed by atoms with Crippen LogP contribution in [0, 0.1) is 0 Å². The highest BCUT2D eigenvalue weighted by Crippen LogP contribution is 1.97. The average Bonchev–Trinajstić information content (AvgIpc) is 2.69. The summed E-state index contributed by atoms with van der Waals surface area (Å²) in [4.78, 5) is 6.54. The van der Waals surface area contributed by atoms with Gasteiger partial charge in [-0.05, 0) is 20.0 Å². The van der Waals surface area contributed by atoms with Crippen LogP contribution in [0.1, 0.15) is 26.5 Å². The standard InChI is InChI=1S/C12H24N4/c1-5-16(6-2)9-11(3)14-8-12-7-13-10-15(12)4/h7,10-11,14H,5-6,8-9H2,1-4H3. The molecular weight excluding hydrogens is 200 g/mol. The quantitative estimate of drug-likeness (QED) is 0.756. The lowest BCUT2D eigenvalue weighted by Crippen LogP contribution is -2.39.